The molecule has 2 N–H and O–H groups in total. The summed E-state index contributed by atoms with van der Waals surface area (Å²) < 4.78 is 5.50. The molecule has 26 heavy (non-hydrogen) atoms. The molecule has 0 fully saturated rings. The number of carboxylic acids is 1. The van der Waals surface area contributed by atoms with Crippen LogP contribution in [0.2, 0.25) is 10.0 Å². The van der Waals surface area contributed by atoms with Crippen LogP contribution in [0.1, 0.15) is 18.4 Å². The molecule has 0 saturated carbocycles. The smallest absolute Gasteiger partial charge is 0.326 e. The Morgan fingerprint density at radius 3 is 2.50 bits per heavy atom. The molecule has 0 radical (unpaired) electrons. The van der Waals surface area contributed by atoms with Crippen molar-refractivity contribution < 1.29 is 19.4 Å². The van der Waals surface area contributed by atoms with Crippen molar-refractivity contribution in [1.82, 2.24) is 5.32 Å². The van der Waals surface area contributed by atoms with Crippen LogP contribution < -0.4 is 10.1 Å². The molecule has 2 rings (SSSR count). The molecule has 138 valence electrons. The van der Waals surface area contributed by atoms with Crippen molar-refractivity contribution in [2.24, 2.45) is 0 Å². The van der Waals surface area contributed by atoms with Crippen LogP contribution in [-0.4, -0.2) is 29.6 Å². The Bertz CT molecular complexity index is 752. The van der Waals surface area contributed by atoms with Gasteiger partial charge in [-0.2, -0.15) is 0 Å². The summed E-state index contributed by atoms with van der Waals surface area (Å²) in [5, 5.41) is 12.7. The Morgan fingerprint density at radius 2 is 1.85 bits per heavy atom. The van der Waals surface area contributed by atoms with Gasteiger partial charge in [-0.1, -0.05) is 53.5 Å². The molecule has 0 spiro atoms. The van der Waals surface area contributed by atoms with Gasteiger partial charge in [-0.3, -0.25) is 4.79 Å². The second-order valence-electron chi connectivity index (χ2n) is 5.67. The minimum Gasteiger partial charge on any atom is -0.492 e. The number of rotatable bonds is 9. The lowest BCUT2D eigenvalue weighted by molar-refractivity contribution is -0.141. The normalized spacial score (nSPS) is 11.6. The highest BCUT2D eigenvalue weighted by molar-refractivity contribution is 6.35. The zero-order valence-electron chi connectivity index (χ0n) is 14.0. The topological polar surface area (TPSA) is 75.6 Å². The Balaban J connectivity index is 1.76. The number of carbonyl (C=O) groups is 2. The number of hydrogen-bond acceptors (Lipinski definition) is 3. The molecule has 1 amide bonds. The zero-order valence-corrected chi connectivity index (χ0v) is 15.5. The fourth-order valence-corrected chi connectivity index (χ4v) is 2.79. The maximum absolute atomic E-state index is 12.0. The Hall–Kier alpha value is -2.24. The van der Waals surface area contributed by atoms with Crippen molar-refractivity contribution in [3.05, 3.63) is 64.1 Å². The molecular formula is C19H19Cl2NO4. The third-order valence-electron chi connectivity index (χ3n) is 3.62. The summed E-state index contributed by atoms with van der Waals surface area (Å²) in [5.74, 6) is -0.908. The van der Waals surface area contributed by atoms with Gasteiger partial charge in [0, 0.05) is 17.9 Å². The number of amides is 1. The van der Waals surface area contributed by atoms with Gasteiger partial charge < -0.3 is 15.2 Å². The number of nitrogens with one attached hydrogen (secondary N) is 1. The predicted octanol–water partition coefficient (Wildman–Crippen LogP) is 3.96. The molecule has 1 atom stereocenters. The quantitative estimate of drug-likeness (QED) is 0.629. The van der Waals surface area contributed by atoms with E-state index in [4.69, 9.17) is 27.9 Å². The van der Waals surface area contributed by atoms with Crippen molar-refractivity contribution in [3.63, 3.8) is 0 Å². The fourth-order valence-electron chi connectivity index (χ4n) is 2.32. The van der Waals surface area contributed by atoms with Gasteiger partial charge in [0.15, 0.2) is 0 Å². The van der Waals surface area contributed by atoms with Gasteiger partial charge in [-0.15, -0.1) is 0 Å². The van der Waals surface area contributed by atoms with E-state index in [-0.39, 0.29) is 25.4 Å². The molecule has 0 aliphatic heterocycles. The molecule has 2 aromatic carbocycles. The third kappa shape index (κ3) is 6.58. The summed E-state index contributed by atoms with van der Waals surface area (Å²) in [4.78, 5) is 23.4. The monoisotopic (exact) mass is 395 g/mol. The number of hydrogen-bond donors (Lipinski definition) is 2. The number of benzene rings is 2. The zero-order chi connectivity index (χ0) is 18.9. The van der Waals surface area contributed by atoms with E-state index in [9.17, 15) is 14.7 Å². The first-order valence-electron chi connectivity index (χ1n) is 8.09. The molecule has 0 heterocycles. The molecule has 0 saturated heterocycles. The van der Waals surface area contributed by atoms with E-state index < -0.39 is 12.0 Å². The van der Waals surface area contributed by atoms with Crippen LogP contribution in [-0.2, 0) is 16.0 Å². The highest BCUT2D eigenvalue weighted by Crippen LogP contribution is 2.27. The van der Waals surface area contributed by atoms with Gasteiger partial charge >= 0.3 is 5.97 Å². The lowest BCUT2D eigenvalue weighted by atomic mass is 10.1. The lowest BCUT2D eigenvalue weighted by Gasteiger charge is -2.15. The summed E-state index contributed by atoms with van der Waals surface area (Å²) in [6, 6.07) is 13.1. The standard InChI is InChI=1S/C19H19Cl2NO4/c20-14-8-9-17(15(21)12-14)26-10-4-7-18(23)22-16(19(24)25)11-13-5-2-1-3-6-13/h1-3,5-6,8-9,12,16H,4,7,10-11H2,(H,22,23)(H,24,25)/t16-/m0/s1. The van der Waals surface area contributed by atoms with Crippen LogP contribution in [0, 0.1) is 0 Å². The van der Waals surface area contributed by atoms with E-state index in [1.54, 1.807) is 18.2 Å². The first-order valence-corrected chi connectivity index (χ1v) is 8.85. The third-order valence-corrected chi connectivity index (χ3v) is 4.15. The maximum Gasteiger partial charge on any atom is 0.326 e. The van der Waals surface area contributed by atoms with Crippen molar-refractivity contribution in [1.29, 1.82) is 0 Å². The number of carbonyl (C=O) groups excluding carboxylic acids is 1. The maximum atomic E-state index is 12.0. The summed E-state index contributed by atoms with van der Waals surface area (Å²) in [5.41, 5.74) is 0.848. The largest absolute Gasteiger partial charge is 0.492 e. The van der Waals surface area contributed by atoms with Crippen LogP contribution >= 0.6 is 23.2 Å². The molecule has 2 aromatic rings. The van der Waals surface area contributed by atoms with Gasteiger partial charge in [-0.05, 0) is 30.2 Å². The molecule has 0 aromatic heterocycles. The van der Waals surface area contributed by atoms with Gasteiger partial charge in [0.05, 0.1) is 11.6 Å². The summed E-state index contributed by atoms with van der Waals surface area (Å²) in [6.45, 7) is 0.283. The minimum absolute atomic E-state index is 0.157. The predicted molar refractivity (Wildman–Crippen MR) is 101 cm³/mol. The Kier molecular flexibility index (Phi) is 7.75. The Labute approximate surface area is 161 Å². The molecule has 0 aliphatic rings. The van der Waals surface area contributed by atoms with E-state index in [1.165, 1.54) is 0 Å². The number of halogens is 2. The summed E-state index contributed by atoms with van der Waals surface area (Å²) in [6.07, 6.45) is 0.824. The summed E-state index contributed by atoms with van der Waals surface area (Å²) >= 11 is 11.8. The molecule has 5 nitrogen and oxygen atoms in total. The van der Waals surface area contributed by atoms with E-state index in [2.05, 4.69) is 5.32 Å². The van der Waals surface area contributed by atoms with E-state index in [0.29, 0.717) is 22.2 Å². The van der Waals surface area contributed by atoms with Gasteiger partial charge in [0.1, 0.15) is 11.8 Å². The highest BCUT2D eigenvalue weighted by atomic mass is 35.5. The number of carboxylic acid groups (broad SMARTS) is 1. The average Bonchev–Trinajstić information content (AvgIpc) is 2.60. The summed E-state index contributed by atoms with van der Waals surface area (Å²) in [7, 11) is 0. The minimum atomic E-state index is -1.06. The molecule has 0 aliphatic carbocycles. The fraction of sp³-hybridized carbons (Fsp3) is 0.263. The first-order chi connectivity index (χ1) is 12.5. The van der Waals surface area contributed by atoms with Gasteiger partial charge in [0.2, 0.25) is 5.91 Å². The Morgan fingerprint density at radius 1 is 1.12 bits per heavy atom. The number of ether oxygens (including phenoxy) is 1. The SMILES string of the molecule is O=C(CCCOc1ccc(Cl)cc1Cl)N[C@@H](Cc1ccccc1)C(=O)O. The molecular weight excluding hydrogens is 377 g/mol. The van der Waals surface area contributed by atoms with Crippen molar-refractivity contribution in [2.75, 3.05) is 6.61 Å². The first kappa shape index (κ1) is 20.1. The van der Waals surface area contributed by atoms with Crippen LogP contribution in [0.4, 0.5) is 0 Å². The van der Waals surface area contributed by atoms with E-state index in [1.807, 2.05) is 30.3 Å². The van der Waals surface area contributed by atoms with Gasteiger partial charge in [-0.25, -0.2) is 4.79 Å². The van der Waals surface area contributed by atoms with Crippen molar-refractivity contribution >= 4 is 35.1 Å². The van der Waals surface area contributed by atoms with Crippen LogP contribution in [0.3, 0.4) is 0 Å². The molecule has 7 heteroatoms. The van der Waals surface area contributed by atoms with Gasteiger partial charge in [0.25, 0.3) is 0 Å². The number of aliphatic carboxylic acids is 1. The second kappa shape index (κ2) is 10.0. The lowest BCUT2D eigenvalue weighted by Crippen LogP contribution is -2.42. The van der Waals surface area contributed by atoms with E-state index >= 15 is 0 Å². The molecule has 0 bridgehead atoms. The van der Waals surface area contributed by atoms with Crippen LogP contribution in [0.15, 0.2) is 48.5 Å². The van der Waals surface area contributed by atoms with Crippen molar-refractivity contribution in [3.8, 4) is 5.75 Å². The molecule has 0 unspecified atom stereocenters. The van der Waals surface area contributed by atoms with Crippen LogP contribution in [0.25, 0.3) is 0 Å². The average molecular weight is 396 g/mol. The highest BCUT2D eigenvalue weighted by Gasteiger charge is 2.20. The van der Waals surface area contributed by atoms with E-state index in [0.717, 1.165) is 5.56 Å². The second-order valence-corrected chi connectivity index (χ2v) is 6.52. The van der Waals surface area contributed by atoms with Crippen molar-refractivity contribution in [2.45, 2.75) is 25.3 Å². The van der Waals surface area contributed by atoms with Crippen LogP contribution in [0.5, 0.6) is 5.75 Å².